The van der Waals surface area contributed by atoms with Gasteiger partial charge in [0.25, 0.3) is 5.91 Å². The van der Waals surface area contributed by atoms with Gasteiger partial charge in [-0.2, -0.15) is 0 Å². The van der Waals surface area contributed by atoms with Crippen LogP contribution in [0.5, 0.6) is 5.75 Å². The Morgan fingerprint density at radius 3 is 2.80 bits per heavy atom. The molecular weight excluding hydrogens is 252 g/mol. The molecule has 1 unspecified atom stereocenters. The molecule has 1 N–H and O–H groups in total. The monoisotopic (exact) mass is 272 g/mol. The molecule has 1 fully saturated rings. The van der Waals surface area contributed by atoms with Gasteiger partial charge in [0, 0.05) is 30.1 Å². The quantitative estimate of drug-likeness (QED) is 0.929. The topological polar surface area (TPSA) is 45.3 Å². The molecule has 1 aromatic heterocycles. The fraction of sp³-hybridized carbons (Fsp3) is 0.438. The molecule has 0 bridgehead atoms. The van der Waals surface area contributed by atoms with Crippen molar-refractivity contribution < 1.29 is 9.53 Å². The van der Waals surface area contributed by atoms with Crippen molar-refractivity contribution in [3.63, 3.8) is 0 Å². The third-order valence-electron chi connectivity index (χ3n) is 4.30. The summed E-state index contributed by atoms with van der Waals surface area (Å²) in [5.41, 5.74) is 1.57. The van der Waals surface area contributed by atoms with Gasteiger partial charge >= 0.3 is 0 Å². The Hall–Kier alpha value is -1.97. The first-order valence-corrected chi connectivity index (χ1v) is 7.04. The van der Waals surface area contributed by atoms with Crippen molar-refractivity contribution in [1.82, 2.24) is 9.88 Å². The zero-order chi connectivity index (χ0) is 14.3. The fourth-order valence-corrected chi connectivity index (χ4v) is 2.62. The molecule has 0 radical (unpaired) electrons. The number of aromatic nitrogens is 1. The van der Waals surface area contributed by atoms with Crippen LogP contribution in [0.3, 0.4) is 0 Å². The van der Waals surface area contributed by atoms with Gasteiger partial charge < -0.3 is 14.6 Å². The number of carbonyl (C=O) groups excluding carboxylic acids is 1. The van der Waals surface area contributed by atoms with Crippen LogP contribution in [-0.4, -0.2) is 36.0 Å². The van der Waals surface area contributed by atoms with Crippen molar-refractivity contribution in [1.29, 1.82) is 0 Å². The number of nitrogens with zero attached hydrogens (tertiary/aromatic N) is 1. The van der Waals surface area contributed by atoms with Crippen LogP contribution in [0.15, 0.2) is 24.3 Å². The molecule has 0 aliphatic heterocycles. The number of hydrogen-bond acceptors (Lipinski definition) is 2. The van der Waals surface area contributed by atoms with Crippen LogP contribution in [0.4, 0.5) is 0 Å². The third-order valence-corrected chi connectivity index (χ3v) is 4.30. The minimum atomic E-state index is 0.0552. The van der Waals surface area contributed by atoms with Gasteiger partial charge in [-0.05, 0) is 43.9 Å². The molecule has 4 nitrogen and oxygen atoms in total. The second-order valence-electron chi connectivity index (χ2n) is 5.63. The molecule has 1 aliphatic rings. The van der Waals surface area contributed by atoms with E-state index in [1.54, 1.807) is 7.11 Å². The summed E-state index contributed by atoms with van der Waals surface area (Å²) in [6, 6.07) is 8.00. The molecule has 3 rings (SSSR count). The van der Waals surface area contributed by atoms with Gasteiger partial charge in [-0.1, -0.05) is 0 Å². The first-order valence-electron chi connectivity index (χ1n) is 7.04. The molecule has 1 atom stereocenters. The molecular formula is C16H20N2O2. The van der Waals surface area contributed by atoms with E-state index in [0.717, 1.165) is 16.7 Å². The Morgan fingerprint density at radius 1 is 1.40 bits per heavy atom. The van der Waals surface area contributed by atoms with Crippen LogP contribution in [0.1, 0.15) is 30.3 Å². The summed E-state index contributed by atoms with van der Waals surface area (Å²) in [5.74, 6) is 1.52. The SMILES string of the molecule is COc1ccc2cc(C(=O)N(C)C(C)C3CC3)[nH]c2c1. The number of ether oxygens (including phenoxy) is 1. The number of nitrogens with one attached hydrogen (secondary N) is 1. The molecule has 2 aromatic rings. The largest absolute Gasteiger partial charge is 0.497 e. The van der Waals surface area contributed by atoms with E-state index < -0.39 is 0 Å². The highest BCUT2D eigenvalue weighted by molar-refractivity contribution is 5.98. The summed E-state index contributed by atoms with van der Waals surface area (Å²) < 4.78 is 5.20. The lowest BCUT2D eigenvalue weighted by molar-refractivity contribution is 0.0722. The maximum Gasteiger partial charge on any atom is 0.270 e. The van der Waals surface area contributed by atoms with Crippen LogP contribution < -0.4 is 4.74 Å². The highest BCUT2D eigenvalue weighted by Crippen LogP contribution is 2.35. The van der Waals surface area contributed by atoms with Crippen LogP contribution >= 0.6 is 0 Å². The van der Waals surface area contributed by atoms with E-state index in [0.29, 0.717) is 17.7 Å². The van der Waals surface area contributed by atoms with Crippen LogP contribution in [0.2, 0.25) is 0 Å². The molecule has 1 saturated carbocycles. The lowest BCUT2D eigenvalue weighted by Gasteiger charge is -2.24. The van der Waals surface area contributed by atoms with Gasteiger partial charge in [-0.3, -0.25) is 4.79 Å². The summed E-state index contributed by atoms with van der Waals surface area (Å²) in [6.45, 7) is 2.13. The summed E-state index contributed by atoms with van der Waals surface area (Å²) in [7, 11) is 3.53. The average molecular weight is 272 g/mol. The molecule has 1 aromatic carbocycles. The molecule has 0 spiro atoms. The van der Waals surface area contributed by atoms with Crippen molar-refractivity contribution in [2.24, 2.45) is 5.92 Å². The van der Waals surface area contributed by atoms with E-state index in [4.69, 9.17) is 4.74 Å². The van der Waals surface area contributed by atoms with Gasteiger partial charge in [0.15, 0.2) is 0 Å². The first kappa shape index (κ1) is 13.0. The number of rotatable bonds is 4. The van der Waals surface area contributed by atoms with E-state index in [-0.39, 0.29) is 5.91 Å². The number of hydrogen-bond donors (Lipinski definition) is 1. The standard InChI is InChI=1S/C16H20N2O2/c1-10(11-4-5-11)18(2)16(19)15-8-12-6-7-13(20-3)9-14(12)17-15/h6-11,17H,4-5H2,1-3H3. The minimum Gasteiger partial charge on any atom is -0.497 e. The van der Waals surface area contributed by atoms with E-state index >= 15 is 0 Å². The summed E-state index contributed by atoms with van der Waals surface area (Å²) >= 11 is 0. The molecule has 1 heterocycles. The number of fused-ring (bicyclic) bond motifs is 1. The normalized spacial score (nSPS) is 16.1. The number of amides is 1. The fourth-order valence-electron chi connectivity index (χ4n) is 2.62. The predicted octanol–water partition coefficient (Wildman–Crippen LogP) is 3.05. The average Bonchev–Trinajstić information content (AvgIpc) is 3.23. The maximum absolute atomic E-state index is 12.5. The molecule has 1 amide bonds. The summed E-state index contributed by atoms with van der Waals surface area (Å²) in [5, 5.41) is 1.03. The van der Waals surface area contributed by atoms with Crippen molar-refractivity contribution >= 4 is 16.8 Å². The number of benzene rings is 1. The van der Waals surface area contributed by atoms with Gasteiger partial charge in [-0.25, -0.2) is 0 Å². The lowest BCUT2D eigenvalue weighted by atomic mass is 10.2. The van der Waals surface area contributed by atoms with Crippen LogP contribution in [0, 0.1) is 5.92 Å². The second kappa shape index (κ2) is 4.85. The van der Waals surface area contributed by atoms with Gasteiger partial charge in [-0.15, -0.1) is 0 Å². The zero-order valence-electron chi connectivity index (χ0n) is 12.1. The van der Waals surface area contributed by atoms with E-state index in [1.807, 2.05) is 36.2 Å². The smallest absolute Gasteiger partial charge is 0.270 e. The number of H-pyrrole nitrogens is 1. The minimum absolute atomic E-state index is 0.0552. The predicted molar refractivity (Wildman–Crippen MR) is 79.1 cm³/mol. The van der Waals surface area contributed by atoms with Crippen molar-refractivity contribution in [2.75, 3.05) is 14.2 Å². The van der Waals surface area contributed by atoms with Gasteiger partial charge in [0.2, 0.25) is 0 Å². The van der Waals surface area contributed by atoms with Crippen molar-refractivity contribution in [3.8, 4) is 5.75 Å². The van der Waals surface area contributed by atoms with Gasteiger partial charge in [0.1, 0.15) is 11.4 Å². The Bertz CT molecular complexity index is 643. The molecule has 4 heteroatoms. The Kier molecular flexibility index (Phi) is 3.16. The molecule has 1 aliphatic carbocycles. The molecule has 20 heavy (non-hydrogen) atoms. The summed E-state index contributed by atoms with van der Waals surface area (Å²) in [6.07, 6.45) is 2.48. The maximum atomic E-state index is 12.5. The third kappa shape index (κ3) is 2.26. The number of methoxy groups -OCH3 is 1. The van der Waals surface area contributed by atoms with Gasteiger partial charge in [0.05, 0.1) is 7.11 Å². The van der Waals surface area contributed by atoms with E-state index in [2.05, 4.69) is 11.9 Å². The van der Waals surface area contributed by atoms with Crippen LogP contribution in [-0.2, 0) is 0 Å². The highest BCUT2D eigenvalue weighted by Gasteiger charge is 2.33. The summed E-state index contributed by atoms with van der Waals surface area (Å²) in [4.78, 5) is 17.5. The van der Waals surface area contributed by atoms with Crippen LogP contribution in [0.25, 0.3) is 10.9 Å². The van der Waals surface area contributed by atoms with Crippen molar-refractivity contribution in [3.05, 3.63) is 30.0 Å². The first-order chi connectivity index (χ1) is 9.60. The molecule has 106 valence electrons. The Morgan fingerprint density at radius 2 is 2.15 bits per heavy atom. The number of carbonyl (C=O) groups is 1. The van der Waals surface area contributed by atoms with E-state index in [1.165, 1.54) is 12.8 Å². The highest BCUT2D eigenvalue weighted by atomic mass is 16.5. The Balaban J connectivity index is 1.87. The zero-order valence-corrected chi connectivity index (χ0v) is 12.1. The lowest BCUT2D eigenvalue weighted by Crippen LogP contribution is -2.36. The Labute approximate surface area is 118 Å². The second-order valence-corrected chi connectivity index (χ2v) is 5.63. The molecule has 0 saturated heterocycles. The van der Waals surface area contributed by atoms with E-state index in [9.17, 15) is 4.79 Å². The number of aromatic amines is 1. The van der Waals surface area contributed by atoms with Crippen molar-refractivity contribution in [2.45, 2.75) is 25.8 Å².